The summed E-state index contributed by atoms with van der Waals surface area (Å²) in [6.07, 6.45) is 3.55. The van der Waals surface area contributed by atoms with E-state index < -0.39 is 0 Å². The third kappa shape index (κ3) is 7.22. The number of thioether (sulfide) groups is 1. The van der Waals surface area contributed by atoms with Crippen LogP contribution in [-0.2, 0) is 13.8 Å². The van der Waals surface area contributed by atoms with Crippen LogP contribution in [0, 0.1) is 0 Å². The van der Waals surface area contributed by atoms with Crippen LogP contribution >= 0.6 is 24.6 Å². The molecule has 144 valence electrons. The Labute approximate surface area is 159 Å². The zero-order chi connectivity index (χ0) is 18.8. The molecule has 0 aromatic carbocycles. The molecule has 2 aliphatic heterocycles. The standard InChI is InChI=1S/C15H28N4O4S2/c1-10(8-22-7-5-13(20)19-23-24)16-6-3-2-4-12-14-11(9-25-12)17-15(21)18-14/h10-12,14,16,24H,2-9H2,1H3,(H,19,20)(H2,17,18,21)/i/hT. The Balaban J connectivity index is 1.42. The van der Waals surface area contributed by atoms with Crippen LogP contribution in [0.4, 0.5) is 4.79 Å². The number of nitrogens with one attached hydrogen (secondary N) is 4. The lowest BCUT2D eigenvalue weighted by molar-refractivity contribution is -0.128. The van der Waals surface area contributed by atoms with Gasteiger partial charge >= 0.3 is 6.03 Å². The van der Waals surface area contributed by atoms with E-state index in [1.807, 2.05) is 11.8 Å². The molecule has 2 aliphatic rings. The van der Waals surface area contributed by atoms with Crippen molar-refractivity contribution in [3.05, 3.63) is 0 Å². The minimum Gasteiger partial charge on any atom is -0.379 e. The number of unbranched alkanes of at least 4 members (excludes halogenated alkanes) is 1. The number of hydrogen-bond acceptors (Lipinski definition) is 7. The first kappa shape index (κ1) is 19.1. The second-order valence-corrected chi connectivity index (χ2v) is 7.85. The molecule has 0 aromatic heterocycles. The lowest BCUT2D eigenvalue weighted by Gasteiger charge is -2.17. The van der Waals surface area contributed by atoms with Gasteiger partial charge in [-0.15, -0.1) is 0 Å². The Kier molecular flexibility index (Phi) is 8.49. The van der Waals surface area contributed by atoms with E-state index in [0.717, 1.165) is 31.6 Å². The number of carbonyl (C=O) groups excluding carboxylic acids is 2. The van der Waals surface area contributed by atoms with Crippen LogP contribution in [0.2, 0.25) is 0 Å². The first-order valence-electron chi connectivity index (χ1n) is 9.08. The molecule has 10 heteroatoms. The maximum atomic E-state index is 11.4. The summed E-state index contributed by atoms with van der Waals surface area (Å²) in [6.45, 7) is 3.85. The van der Waals surface area contributed by atoms with Crippen molar-refractivity contribution < 1.29 is 18.6 Å². The second-order valence-electron chi connectivity index (χ2n) is 6.41. The van der Waals surface area contributed by atoms with Crippen molar-refractivity contribution in [1.29, 1.82) is 1.12 Å². The van der Waals surface area contributed by atoms with Crippen LogP contribution in [0.15, 0.2) is 0 Å². The number of amides is 3. The topological polar surface area (TPSA) is 101 Å². The maximum absolute atomic E-state index is 11.4. The Hall–Kier alpha value is -0.680. The minimum absolute atomic E-state index is 0.0268. The summed E-state index contributed by atoms with van der Waals surface area (Å²) in [4.78, 5) is 22.6. The Morgan fingerprint density at radius 2 is 2.40 bits per heavy atom. The fraction of sp³-hybridized carbons (Fsp3) is 0.867. The molecule has 4 N–H and O–H groups in total. The summed E-state index contributed by atoms with van der Waals surface area (Å²) >= 11 is 2.29. The molecular weight excluding hydrogens is 364 g/mol. The van der Waals surface area contributed by atoms with E-state index in [1.54, 1.807) is 0 Å². The zero-order valence-electron chi connectivity index (χ0n) is 15.4. The highest BCUT2D eigenvalue weighted by atomic mass is 32.2. The molecule has 4 atom stereocenters. The Morgan fingerprint density at radius 3 is 3.24 bits per heavy atom. The fourth-order valence-electron chi connectivity index (χ4n) is 3.04. The Morgan fingerprint density at radius 1 is 1.52 bits per heavy atom. The third-order valence-electron chi connectivity index (χ3n) is 4.34. The number of thiol groups is 1. The van der Waals surface area contributed by atoms with Crippen molar-refractivity contribution in [3.8, 4) is 0 Å². The molecule has 0 aliphatic carbocycles. The molecule has 2 heterocycles. The van der Waals surface area contributed by atoms with Gasteiger partial charge in [0.05, 0.1) is 31.7 Å². The number of urea groups is 1. The van der Waals surface area contributed by atoms with E-state index in [1.165, 1.54) is 0 Å². The molecule has 0 spiro atoms. The molecule has 0 radical (unpaired) electrons. The van der Waals surface area contributed by atoms with Crippen LogP contribution in [0.5, 0.6) is 0 Å². The van der Waals surface area contributed by atoms with Gasteiger partial charge in [0.2, 0.25) is 5.91 Å². The van der Waals surface area contributed by atoms with E-state index in [-0.39, 0.29) is 30.4 Å². The van der Waals surface area contributed by atoms with E-state index in [0.29, 0.717) is 37.3 Å². The quantitative estimate of drug-likeness (QED) is 0.103. The Bertz CT molecular complexity index is 463. The van der Waals surface area contributed by atoms with Crippen LogP contribution in [-0.4, -0.2) is 61.9 Å². The molecule has 2 saturated heterocycles. The van der Waals surface area contributed by atoms with Gasteiger partial charge < -0.3 is 20.7 Å². The predicted octanol–water partition coefficient (Wildman–Crippen LogP) is 0.600. The van der Waals surface area contributed by atoms with Gasteiger partial charge in [0, 0.05) is 29.9 Å². The molecule has 0 bridgehead atoms. The molecule has 8 nitrogen and oxygen atoms in total. The highest BCUT2D eigenvalue weighted by Gasteiger charge is 2.42. The molecule has 0 aromatic rings. The molecule has 2 rings (SSSR count). The summed E-state index contributed by atoms with van der Waals surface area (Å²) in [5.41, 5.74) is 2.12. The molecule has 4 unspecified atom stereocenters. The van der Waals surface area contributed by atoms with Crippen molar-refractivity contribution in [2.24, 2.45) is 0 Å². The summed E-state index contributed by atoms with van der Waals surface area (Å²) in [6, 6.07) is 0.782. The van der Waals surface area contributed by atoms with Gasteiger partial charge in [-0.3, -0.25) is 4.79 Å². The minimum atomic E-state index is -0.300. The van der Waals surface area contributed by atoms with Gasteiger partial charge in [-0.2, -0.15) is 11.8 Å². The van der Waals surface area contributed by atoms with Crippen molar-refractivity contribution >= 4 is 36.5 Å². The second kappa shape index (κ2) is 11.1. The number of ether oxygens (including phenoxy) is 1. The third-order valence-corrected chi connectivity index (χ3v) is 5.94. The van der Waals surface area contributed by atoms with Crippen LogP contribution in [0.1, 0.15) is 32.6 Å². The average Bonchev–Trinajstić information content (AvgIpc) is 3.16. The zero-order valence-corrected chi connectivity index (χ0v) is 16.0. The van der Waals surface area contributed by atoms with E-state index in [4.69, 9.17) is 5.86 Å². The number of rotatable bonds is 13. The normalized spacial score (nSPS) is 26.5. The SMILES string of the molecule is [3H]SONC(=O)CCOCC(C)NCCCCC1SCC2NC(=O)NC21. The monoisotopic (exact) mass is 394 g/mol. The number of hydroxylamine groups is 1. The summed E-state index contributed by atoms with van der Waals surface area (Å²) in [5, 5.41) is 9.92. The van der Waals surface area contributed by atoms with Crippen molar-refractivity contribution in [2.45, 2.75) is 56.0 Å². The van der Waals surface area contributed by atoms with Gasteiger partial charge in [-0.25, -0.2) is 14.6 Å². The van der Waals surface area contributed by atoms with Crippen LogP contribution in [0.25, 0.3) is 0 Å². The fourth-order valence-corrected chi connectivity index (χ4v) is 4.68. The molecular formula is C15H28N4O4S2. The smallest absolute Gasteiger partial charge is 0.315 e. The molecule has 2 fully saturated rings. The highest BCUT2D eigenvalue weighted by molar-refractivity contribution is 8.00. The first-order chi connectivity index (χ1) is 12.6. The number of carbonyl (C=O) groups is 2. The van der Waals surface area contributed by atoms with Gasteiger partial charge in [-0.1, -0.05) is 6.42 Å². The lowest BCUT2D eigenvalue weighted by Crippen LogP contribution is -2.37. The average molecular weight is 395 g/mol. The van der Waals surface area contributed by atoms with E-state index >= 15 is 0 Å². The van der Waals surface area contributed by atoms with Gasteiger partial charge in [0.15, 0.2) is 0 Å². The number of fused-ring (bicyclic) bond motifs is 1. The lowest BCUT2D eigenvalue weighted by atomic mass is 10.0. The summed E-state index contributed by atoms with van der Waals surface area (Å²) in [5.74, 6) is 0.707. The van der Waals surface area contributed by atoms with Crippen LogP contribution < -0.4 is 21.4 Å². The van der Waals surface area contributed by atoms with E-state index in [2.05, 4.69) is 32.6 Å². The molecule has 25 heavy (non-hydrogen) atoms. The van der Waals surface area contributed by atoms with Crippen molar-refractivity contribution in [1.82, 2.24) is 21.4 Å². The molecule has 3 amide bonds. The van der Waals surface area contributed by atoms with Crippen LogP contribution in [0.3, 0.4) is 0 Å². The van der Waals surface area contributed by atoms with Gasteiger partial charge in [0.1, 0.15) is 1.12 Å². The first-order valence-corrected chi connectivity index (χ1v) is 10.1. The number of hydrogen-bond donors (Lipinski definition) is 5. The highest BCUT2D eigenvalue weighted by Crippen LogP contribution is 2.32. The predicted molar refractivity (Wildman–Crippen MR) is 100 cm³/mol. The maximum Gasteiger partial charge on any atom is 0.315 e. The largest absolute Gasteiger partial charge is 0.379 e. The summed E-state index contributed by atoms with van der Waals surface area (Å²) in [7, 11) is 0. The van der Waals surface area contributed by atoms with E-state index in [9.17, 15) is 9.59 Å². The van der Waals surface area contributed by atoms with Gasteiger partial charge in [0.25, 0.3) is 0 Å². The summed E-state index contributed by atoms with van der Waals surface area (Å²) < 4.78 is 16.5. The van der Waals surface area contributed by atoms with Crippen molar-refractivity contribution in [3.63, 3.8) is 0 Å². The van der Waals surface area contributed by atoms with Gasteiger partial charge in [-0.05, 0) is 26.3 Å². The van der Waals surface area contributed by atoms with Crippen molar-refractivity contribution in [2.75, 3.05) is 25.5 Å². The molecule has 0 saturated carbocycles.